The first-order valence-corrected chi connectivity index (χ1v) is 6.79. The Bertz CT molecular complexity index is 314. The number of hydrogen-bond donors (Lipinski definition) is 0. The molecule has 1 aliphatic carbocycles. The average molecular weight is 294 g/mol. The predicted molar refractivity (Wildman–Crippen MR) is 79.5 cm³/mol. The van der Waals surface area contributed by atoms with E-state index in [9.17, 15) is 0 Å². The first-order chi connectivity index (χ1) is 9.00. The predicted octanol–water partition coefficient (Wildman–Crippen LogP) is 5.15. The van der Waals surface area contributed by atoms with Gasteiger partial charge in [-0.15, -0.1) is 11.8 Å². The fourth-order valence-corrected chi connectivity index (χ4v) is 1.60. The second-order valence-corrected chi connectivity index (χ2v) is 4.19. The van der Waals surface area contributed by atoms with Gasteiger partial charge in [0.2, 0.25) is 0 Å². The molecule has 0 aromatic heterocycles. The number of hydrogen-bond acceptors (Lipinski definition) is 0. The Labute approximate surface area is 128 Å². The van der Waals surface area contributed by atoms with Crippen molar-refractivity contribution in [3.05, 3.63) is 60.7 Å². The van der Waals surface area contributed by atoms with Gasteiger partial charge in [-0.2, -0.15) is 18.2 Å². The largest absolute Gasteiger partial charge is 0.748 e. The minimum Gasteiger partial charge on any atom is -0.748 e. The Kier molecular flexibility index (Phi) is 13.9. The molecule has 108 valence electrons. The standard InChI is InChI=1S/C8H12.2C5H5.Fe/c1-2-4-6-8-7-5-3-1;2*1-2-4-5-3-1;/h1-6H2;2*1-5H;/q;-5;-1;. The summed E-state index contributed by atoms with van der Waals surface area (Å²) in [5, 5.41) is 0. The molecule has 0 fully saturated rings. The van der Waals surface area contributed by atoms with Crippen molar-refractivity contribution < 1.29 is 17.1 Å². The number of rotatable bonds is 0. The van der Waals surface area contributed by atoms with Gasteiger partial charge in [0.05, 0.1) is 0 Å². The third-order valence-electron chi connectivity index (χ3n) is 2.59. The van der Waals surface area contributed by atoms with E-state index in [1.807, 2.05) is 60.7 Å². The summed E-state index contributed by atoms with van der Waals surface area (Å²) >= 11 is 0. The minimum atomic E-state index is 0. The summed E-state index contributed by atoms with van der Waals surface area (Å²) in [6.07, 6.45) is 7.73. The molecule has 2 aromatic rings. The minimum absolute atomic E-state index is 0. The quantitative estimate of drug-likeness (QED) is 0.358. The van der Waals surface area contributed by atoms with Gasteiger partial charge >= 0.3 is 0 Å². The Morgan fingerprint density at radius 2 is 1.05 bits per heavy atom. The van der Waals surface area contributed by atoms with Crippen LogP contribution in [0, 0.1) is 11.8 Å². The normalized spacial score (nSPS) is 12.6. The zero-order valence-electron chi connectivity index (χ0n) is 11.4. The Morgan fingerprint density at radius 3 is 1.37 bits per heavy atom. The van der Waals surface area contributed by atoms with Crippen LogP contribution in [-0.4, -0.2) is 0 Å². The molecule has 0 aliphatic heterocycles. The maximum absolute atomic E-state index is 3.14. The van der Waals surface area contributed by atoms with E-state index in [-0.39, 0.29) is 17.1 Å². The van der Waals surface area contributed by atoms with Crippen LogP contribution in [-0.2, 0) is 17.1 Å². The van der Waals surface area contributed by atoms with Gasteiger partial charge in [0, 0.05) is 29.9 Å². The third-order valence-corrected chi connectivity index (χ3v) is 2.59. The molecule has 0 nitrogen and oxygen atoms in total. The van der Waals surface area contributed by atoms with E-state index in [0.29, 0.717) is 0 Å². The molecular weight excluding hydrogens is 272 g/mol. The summed E-state index contributed by atoms with van der Waals surface area (Å²) in [5.41, 5.74) is 0. The van der Waals surface area contributed by atoms with Crippen LogP contribution in [0.2, 0.25) is 0 Å². The molecule has 0 atom stereocenters. The SMILES string of the molecule is C1#CCCCCCC1.[Fe].[cH-]1[cH-][cH-][cH-][cH-]1.c1cc[cH-]c1. The van der Waals surface area contributed by atoms with E-state index in [4.69, 9.17) is 0 Å². The van der Waals surface area contributed by atoms with Gasteiger partial charge in [0.15, 0.2) is 0 Å². The molecule has 0 heterocycles. The maximum atomic E-state index is 3.14. The van der Waals surface area contributed by atoms with Crippen molar-refractivity contribution in [1.29, 1.82) is 0 Å². The second kappa shape index (κ2) is 14.8. The fourth-order valence-electron chi connectivity index (χ4n) is 1.60. The molecule has 0 saturated carbocycles. The average Bonchev–Trinajstić information content (AvgIpc) is 3.08. The van der Waals surface area contributed by atoms with Crippen molar-refractivity contribution in [3.63, 3.8) is 0 Å². The van der Waals surface area contributed by atoms with Crippen LogP contribution in [0.5, 0.6) is 0 Å². The first kappa shape index (κ1) is 17.8. The molecule has 0 bridgehead atoms. The molecule has 0 N–H and O–H groups in total. The summed E-state index contributed by atoms with van der Waals surface area (Å²) in [7, 11) is 0. The van der Waals surface area contributed by atoms with E-state index in [0.717, 1.165) is 12.8 Å². The van der Waals surface area contributed by atoms with Crippen molar-refractivity contribution in [2.24, 2.45) is 0 Å². The third kappa shape index (κ3) is 13.0. The first-order valence-electron chi connectivity index (χ1n) is 6.79. The van der Waals surface area contributed by atoms with Gasteiger partial charge in [-0.25, -0.2) is 12.1 Å². The van der Waals surface area contributed by atoms with E-state index >= 15 is 0 Å². The van der Waals surface area contributed by atoms with Crippen LogP contribution in [0.3, 0.4) is 0 Å². The monoisotopic (exact) mass is 294 g/mol. The topological polar surface area (TPSA) is 0 Å². The summed E-state index contributed by atoms with van der Waals surface area (Å²) in [4.78, 5) is 0. The van der Waals surface area contributed by atoms with Crippen LogP contribution < -0.4 is 0 Å². The van der Waals surface area contributed by atoms with Crippen molar-refractivity contribution >= 4 is 0 Å². The smallest absolute Gasteiger partial charge is 0.00886 e. The van der Waals surface area contributed by atoms with E-state index in [2.05, 4.69) is 11.8 Å². The summed E-state index contributed by atoms with van der Waals surface area (Å²) < 4.78 is 0. The van der Waals surface area contributed by atoms with E-state index in [1.54, 1.807) is 0 Å². The van der Waals surface area contributed by atoms with Gasteiger partial charge in [0.1, 0.15) is 0 Å². The Balaban J connectivity index is 0.000000259. The molecule has 0 unspecified atom stereocenters. The molecule has 1 heteroatoms. The molecule has 19 heavy (non-hydrogen) atoms. The van der Waals surface area contributed by atoms with E-state index < -0.39 is 0 Å². The van der Waals surface area contributed by atoms with Gasteiger partial charge in [-0.3, -0.25) is 0 Å². The van der Waals surface area contributed by atoms with Crippen LogP contribution >= 0.6 is 0 Å². The molecule has 0 amide bonds. The van der Waals surface area contributed by atoms with Crippen LogP contribution in [0.1, 0.15) is 38.5 Å². The zero-order chi connectivity index (χ0) is 12.7. The Morgan fingerprint density at radius 1 is 0.632 bits per heavy atom. The van der Waals surface area contributed by atoms with Crippen LogP contribution in [0.25, 0.3) is 0 Å². The molecule has 0 spiro atoms. The van der Waals surface area contributed by atoms with Gasteiger partial charge in [-0.1, -0.05) is 12.8 Å². The fraction of sp³-hybridized carbons (Fsp3) is 0.333. The molecular formula is C18H22Fe-6. The molecule has 0 radical (unpaired) electrons. The van der Waals surface area contributed by atoms with Gasteiger partial charge < -0.3 is 30.3 Å². The maximum Gasteiger partial charge on any atom is 0.00886 e. The van der Waals surface area contributed by atoms with Crippen molar-refractivity contribution in [2.75, 3.05) is 0 Å². The second-order valence-electron chi connectivity index (χ2n) is 4.19. The molecule has 3 rings (SSSR count). The summed E-state index contributed by atoms with van der Waals surface area (Å²) in [6, 6.07) is 20.0. The van der Waals surface area contributed by atoms with Crippen molar-refractivity contribution in [2.45, 2.75) is 38.5 Å². The molecule has 0 saturated heterocycles. The van der Waals surface area contributed by atoms with Crippen molar-refractivity contribution in [1.82, 2.24) is 0 Å². The van der Waals surface area contributed by atoms with Gasteiger partial charge in [-0.05, 0) is 12.8 Å². The van der Waals surface area contributed by atoms with Crippen molar-refractivity contribution in [3.8, 4) is 11.8 Å². The summed E-state index contributed by atoms with van der Waals surface area (Å²) in [6.45, 7) is 0. The van der Waals surface area contributed by atoms with Gasteiger partial charge in [0.25, 0.3) is 0 Å². The molecule has 2 aromatic carbocycles. The molecule has 1 aliphatic rings. The summed E-state index contributed by atoms with van der Waals surface area (Å²) in [5.74, 6) is 6.27. The van der Waals surface area contributed by atoms with E-state index in [1.165, 1.54) is 25.7 Å². The Hall–Kier alpha value is -1.22. The van der Waals surface area contributed by atoms with Crippen LogP contribution in [0.4, 0.5) is 0 Å². The van der Waals surface area contributed by atoms with Crippen LogP contribution in [0.15, 0.2) is 60.7 Å². The zero-order valence-corrected chi connectivity index (χ0v) is 12.5.